The standard InChI is InChI=1S/C16H10ClFN2O2/c17-9-1-6-14-12(7-9)13(8-19-14)15(21)16(22)20-11-4-2-10(18)3-5-11/h1-8,19H,(H,20,22). The summed E-state index contributed by atoms with van der Waals surface area (Å²) in [6, 6.07) is 10.2. The number of anilines is 1. The molecule has 2 aromatic carbocycles. The Hall–Kier alpha value is -2.66. The predicted octanol–water partition coefficient (Wildman–Crippen LogP) is 3.78. The van der Waals surface area contributed by atoms with Crippen LogP contribution in [0.15, 0.2) is 48.7 Å². The summed E-state index contributed by atoms with van der Waals surface area (Å²) in [6.45, 7) is 0. The van der Waals surface area contributed by atoms with Crippen molar-refractivity contribution < 1.29 is 14.0 Å². The van der Waals surface area contributed by atoms with Gasteiger partial charge in [0.15, 0.2) is 0 Å². The van der Waals surface area contributed by atoms with Crippen LogP contribution in [-0.4, -0.2) is 16.7 Å². The van der Waals surface area contributed by atoms with Crippen LogP contribution in [-0.2, 0) is 4.79 Å². The van der Waals surface area contributed by atoms with Crippen molar-refractivity contribution in [2.45, 2.75) is 0 Å². The number of Topliss-reactive ketones (excluding diaryl/α,β-unsaturated/α-hetero) is 1. The van der Waals surface area contributed by atoms with Crippen LogP contribution in [0.5, 0.6) is 0 Å². The van der Waals surface area contributed by atoms with E-state index in [0.717, 1.165) is 0 Å². The minimum absolute atomic E-state index is 0.233. The Morgan fingerprint density at radius 1 is 1.09 bits per heavy atom. The van der Waals surface area contributed by atoms with Crippen LogP contribution in [0.1, 0.15) is 10.4 Å². The molecule has 4 nitrogen and oxygen atoms in total. The number of hydrogen-bond acceptors (Lipinski definition) is 2. The fourth-order valence-electron chi connectivity index (χ4n) is 2.12. The highest BCUT2D eigenvalue weighted by Crippen LogP contribution is 2.23. The molecular weight excluding hydrogens is 307 g/mol. The van der Waals surface area contributed by atoms with Crippen molar-refractivity contribution in [3.05, 3.63) is 65.1 Å². The molecule has 3 aromatic rings. The average Bonchev–Trinajstić information content (AvgIpc) is 2.91. The molecule has 6 heteroatoms. The first-order valence-electron chi connectivity index (χ1n) is 6.42. The second kappa shape index (κ2) is 5.61. The molecule has 0 fully saturated rings. The first-order chi connectivity index (χ1) is 10.5. The molecular formula is C16H10ClFN2O2. The fourth-order valence-corrected chi connectivity index (χ4v) is 2.30. The number of carbonyl (C=O) groups is 2. The maximum Gasteiger partial charge on any atom is 0.296 e. The van der Waals surface area contributed by atoms with Crippen LogP contribution in [0, 0.1) is 5.82 Å². The highest BCUT2D eigenvalue weighted by molar-refractivity contribution is 6.48. The molecule has 1 amide bonds. The molecule has 0 aliphatic carbocycles. The van der Waals surface area contributed by atoms with Crippen molar-refractivity contribution >= 4 is 39.9 Å². The van der Waals surface area contributed by atoms with Crippen LogP contribution in [0.4, 0.5) is 10.1 Å². The Kier molecular flexibility index (Phi) is 3.65. The summed E-state index contributed by atoms with van der Waals surface area (Å²) in [5.74, 6) is -1.92. The van der Waals surface area contributed by atoms with Gasteiger partial charge in [0.25, 0.3) is 11.7 Å². The molecule has 1 heterocycles. The summed E-state index contributed by atoms with van der Waals surface area (Å²) in [5, 5.41) is 3.48. The normalized spacial score (nSPS) is 10.6. The lowest BCUT2D eigenvalue weighted by Crippen LogP contribution is -2.22. The second-order valence-corrected chi connectivity index (χ2v) is 5.12. The van der Waals surface area contributed by atoms with Gasteiger partial charge < -0.3 is 10.3 Å². The van der Waals surface area contributed by atoms with Crippen LogP contribution >= 0.6 is 11.6 Å². The number of benzene rings is 2. The summed E-state index contributed by atoms with van der Waals surface area (Å²) in [6.07, 6.45) is 1.47. The molecule has 22 heavy (non-hydrogen) atoms. The number of H-pyrrole nitrogens is 1. The maximum atomic E-state index is 12.8. The molecule has 0 atom stereocenters. The Morgan fingerprint density at radius 3 is 2.55 bits per heavy atom. The molecule has 0 aliphatic rings. The van der Waals surface area contributed by atoms with Crippen molar-refractivity contribution in [1.29, 1.82) is 0 Å². The fraction of sp³-hybridized carbons (Fsp3) is 0. The number of carbonyl (C=O) groups excluding carboxylic acids is 2. The first kappa shape index (κ1) is 14.3. The third-order valence-electron chi connectivity index (χ3n) is 3.20. The van der Waals surface area contributed by atoms with E-state index in [9.17, 15) is 14.0 Å². The van der Waals surface area contributed by atoms with Crippen molar-refractivity contribution in [1.82, 2.24) is 4.98 Å². The molecule has 0 saturated carbocycles. The highest BCUT2D eigenvalue weighted by atomic mass is 35.5. The zero-order valence-electron chi connectivity index (χ0n) is 11.2. The van der Waals surface area contributed by atoms with Crippen LogP contribution in [0.25, 0.3) is 10.9 Å². The number of halogens is 2. The van der Waals surface area contributed by atoms with Gasteiger partial charge in [0.2, 0.25) is 0 Å². The lowest BCUT2D eigenvalue weighted by molar-refractivity contribution is -0.112. The van der Waals surface area contributed by atoms with E-state index in [-0.39, 0.29) is 5.56 Å². The molecule has 110 valence electrons. The van der Waals surface area contributed by atoms with Gasteiger partial charge in [-0.1, -0.05) is 11.6 Å². The Bertz CT molecular complexity index is 871. The third kappa shape index (κ3) is 2.71. The van der Waals surface area contributed by atoms with Crippen molar-refractivity contribution in [2.75, 3.05) is 5.32 Å². The quantitative estimate of drug-likeness (QED) is 0.570. The van der Waals surface area contributed by atoms with Crippen molar-refractivity contribution in [3.8, 4) is 0 Å². The smallest absolute Gasteiger partial charge is 0.296 e. The van der Waals surface area contributed by atoms with Crippen LogP contribution < -0.4 is 5.32 Å². The van der Waals surface area contributed by atoms with Crippen LogP contribution in [0.2, 0.25) is 5.02 Å². The van der Waals surface area contributed by atoms with Crippen molar-refractivity contribution in [2.24, 2.45) is 0 Å². The average molecular weight is 317 g/mol. The molecule has 1 aromatic heterocycles. The van der Waals surface area contributed by atoms with E-state index < -0.39 is 17.5 Å². The molecule has 0 aliphatic heterocycles. The monoisotopic (exact) mass is 316 g/mol. The van der Waals surface area contributed by atoms with Gasteiger partial charge in [-0.2, -0.15) is 0 Å². The van der Waals surface area contributed by atoms with Gasteiger partial charge >= 0.3 is 0 Å². The Balaban J connectivity index is 1.87. The Labute approximate surface area is 129 Å². The predicted molar refractivity (Wildman–Crippen MR) is 82.7 cm³/mol. The number of nitrogens with one attached hydrogen (secondary N) is 2. The van der Waals surface area contributed by atoms with Gasteiger partial charge in [-0.25, -0.2) is 4.39 Å². The van der Waals surface area contributed by atoms with Gasteiger partial charge in [-0.15, -0.1) is 0 Å². The third-order valence-corrected chi connectivity index (χ3v) is 3.43. The number of ketones is 1. The molecule has 0 saturated heterocycles. The van der Waals surface area contributed by atoms with Gasteiger partial charge in [0.05, 0.1) is 5.56 Å². The number of aromatic amines is 1. The zero-order valence-corrected chi connectivity index (χ0v) is 11.9. The number of hydrogen-bond donors (Lipinski definition) is 2. The van der Waals surface area contributed by atoms with E-state index >= 15 is 0 Å². The maximum absolute atomic E-state index is 12.8. The van der Waals surface area contributed by atoms with Gasteiger partial charge in [-0.3, -0.25) is 9.59 Å². The largest absolute Gasteiger partial charge is 0.360 e. The number of fused-ring (bicyclic) bond motifs is 1. The summed E-state index contributed by atoms with van der Waals surface area (Å²) in [4.78, 5) is 27.2. The van der Waals surface area contributed by atoms with E-state index in [4.69, 9.17) is 11.6 Å². The number of aromatic nitrogens is 1. The molecule has 2 N–H and O–H groups in total. The van der Waals surface area contributed by atoms with E-state index in [1.54, 1.807) is 18.2 Å². The van der Waals surface area contributed by atoms with E-state index in [0.29, 0.717) is 21.6 Å². The molecule has 0 radical (unpaired) electrons. The van der Waals surface area contributed by atoms with E-state index in [1.807, 2.05) is 0 Å². The van der Waals surface area contributed by atoms with Crippen LogP contribution in [0.3, 0.4) is 0 Å². The van der Waals surface area contributed by atoms with Crippen molar-refractivity contribution in [3.63, 3.8) is 0 Å². The molecule has 0 spiro atoms. The van der Waals surface area contributed by atoms with Gasteiger partial charge in [-0.05, 0) is 42.5 Å². The van der Waals surface area contributed by atoms with Gasteiger partial charge in [0, 0.05) is 27.8 Å². The first-order valence-corrected chi connectivity index (χ1v) is 6.80. The second-order valence-electron chi connectivity index (χ2n) is 4.68. The topological polar surface area (TPSA) is 62.0 Å². The summed E-state index contributed by atoms with van der Waals surface area (Å²) in [5.41, 5.74) is 1.29. The van der Waals surface area contributed by atoms with E-state index in [1.165, 1.54) is 30.5 Å². The highest BCUT2D eigenvalue weighted by Gasteiger charge is 2.20. The summed E-state index contributed by atoms with van der Waals surface area (Å²) >= 11 is 5.92. The summed E-state index contributed by atoms with van der Waals surface area (Å²) < 4.78 is 12.8. The van der Waals surface area contributed by atoms with E-state index in [2.05, 4.69) is 10.3 Å². The SMILES string of the molecule is O=C(Nc1ccc(F)cc1)C(=O)c1c[nH]c2ccc(Cl)cc12. The minimum atomic E-state index is -0.799. The molecule has 0 bridgehead atoms. The lowest BCUT2D eigenvalue weighted by Gasteiger charge is -2.04. The lowest BCUT2D eigenvalue weighted by atomic mass is 10.1. The zero-order chi connectivity index (χ0) is 15.7. The number of amides is 1. The minimum Gasteiger partial charge on any atom is -0.360 e. The molecule has 0 unspecified atom stereocenters. The number of rotatable bonds is 3. The Morgan fingerprint density at radius 2 is 1.82 bits per heavy atom. The van der Waals surface area contributed by atoms with Gasteiger partial charge in [0.1, 0.15) is 5.82 Å². The molecule has 3 rings (SSSR count). The summed E-state index contributed by atoms with van der Waals surface area (Å²) in [7, 11) is 0.